The van der Waals surface area contributed by atoms with Gasteiger partial charge in [-0.05, 0) is 45.5 Å². The molecule has 6 nitrogen and oxygen atoms in total. The number of nitrogens with zero attached hydrogens (tertiary/aromatic N) is 1. The van der Waals surface area contributed by atoms with Crippen molar-refractivity contribution in [1.82, 2.24) is 15.5 Å². The molecule has 6 heteroatoms. The summed E-state index contributed by atoms with van der Waals surface area (Å²) < 4.78 is 5.13. The number of amides is 2. The number of alkyl carbamates (subject to hydrolysis) is 1. The molecule has 0 bridgehead atoms. The van der Waals surface area contributed by atoms with E-state index in [9.17, 15) is 9.59 Å². The molecule has 0 aliphatic rings. The highest BCUT2D eigenvalue weighted by Crippen LogP contribution is 2.01. The first-order chi connectivity index (χ1) is 12.1. The Morgan fingerprint density at radius 3 is 2.40 bits per heavy atom. The molecule has 0 fully saturated rings. The highest BCUT2D eigenvalue weighted by molar-refractivity contribution is 5.75. The number of hydrogen-bond acceptors (Lipinski definition) is 4. The zero-order valence-electron chi connectivity index (χ0n) is 15.4. The summed E-state index contributed by atoms with van der Waals surface area (Å²) in [6, 6.07) is 9.58. The Kier molecular flexibility index (Phi) is 11.1. The van der Waals surface area contributed by atoms with Crippen LogP contribution in [0.1, 0.15) is 37.7 Å². The van der Waals surface area contributed by atoms with E-state index in [1.165, 1.54) is 0 Å². The van der Waals surface area contributed by atoms with Gasteiger partial charge in [0.05, 0.1) is 0 Å². The van der Waals surface area contributed by atoms with Crippen LogP contribution in [-0.2, 0) is 16.1 Å². The van der Waals surface area contributed by atoms with Gasteiger partial charge in [-0.15, -0.1) is 0 Å². The van der Waals surface area contributed by atoms with Crippen LogP contribution < -0.4 is 10.6 Å². The molecule has 1 aromatic carbocycles. The van der Waals surface area contributed by atoms with Crippen molar-refractivity contribution in [2.45, 2.75) is 38.7 Å². The lowest BCUT2D eigenvalue weighted by Crippen LogP contribution is -2.27. The fourth-order valence-corrected chi connectivity index (χ4v) is 2.26. The van der Waals surface area contributed by atoms with Gasteiger partial charge in [-0.25, -0.2) is 4.79 Å². The van der Waals surface area contributed by atoms with Crippen LogP contribution in [0.3, 0.4) is 0 Å². The minimum absolute atomic E-state index is 0.106. The van der Waals surface area contributed by atoms with Crippen molar-refractivity contribution in [3.8, 4) is 0 Å². The Labute approximate surface area is 150 Å². The van der Waals surface area contributed by atoms with Crippen LogP contribution in [0.4, 0.5) is 4.79 Å². The first kappa shape index (κ1) is 21.0. The quantitative estimate of drug-likeness (QED) is 0.569. The second-order valence-corrected chi connectivity index (χ2v) is 6.31. The van der Waals surface area contributed by atoms with Crippen LogP contribution in [-0.4, -0.2) is 50.6 Å². The van der Waals surface area contributed by atoms with Gasteiger partial charge in [0.25, 0.3) is 0 Å². The van der Waals surface area contributed by atoms with Gasteiger partial charge in [-0.1, -0.05) is 36.8 Å². The third kappa shape index (κ3) is 12.0. The topological polar surface area (TPSA) is 70.7 Å². The summed E-state index contributed by atoms with van der Waals surface area (Å²) in [5, 5.41) is 5.65. The Morgan fingerprint density at radius 1 is 0.960 bits per heavy atom. The third-order valence-electron chi connectivity index (χ3n) is 3.67. The maximum atomic E-state index is 11.6. The maximum absolute atomic E-state index is 11.6. The number of carbonyl (C=O) groups is 2. The fraction of sp³-hybridized carbons (Fsp3) is 0.579. The van der Waals surface area contributed by atoms with E-state index in [4.69, 9.17) is 4.74 Å². The summed E-state index contributed by atoms with van der Waals surface area (Å²) in [4.78, 5) is 25.3. The molecule has 0 saturated carbocycles. The molecule has 0 spiro atoms. The highest BCUT2D eigenvalue weighted by Gasteiger charge is 2.03. The molecule has 0 radical (unpaired) electrons. The Morgan fingerprint density at radius 2 is 1.68 bits per heavy atom. The predicted molar refractivity (Wildman–Crippen MR) is 99.3 cm³/mol. The molecule has 0 aliphatic heterocycles. The Hall–Kier alpha value is -2.08. The van der Waals surface area contributed by atoms with Gasteiger partial charge in [-0.2, -0.15) is 0 Å². The monoisotopic (exact) mass is 349 g/mol. The first-order valence-electron chi connectivity index (χ1n) is 8.94. The average Bonchev–Trinajstić information content (AvgIpc) is 2.60. The smallest absolute Gasteiger partial charge is 0.407 e. The second kappa shape index (κ2) is 13.2. The second-order valence-electron chi connectivity index (χ2n) is 6.31. The highest BCUT2D eigenvalue weighted by atomic mass is 16.5. The van der Waals surface area contributed by atoms with Crippen LogP contribution in [0.15, 0.2) is 30.3 Å². The summed E-state index contributed by atoms with van der Waals surface area (Å²) in [7, 11) is 4.04. The Bertz CT molecular complexity index is 492. The molecule has 0 atom stereocenters. The van der Waals surface area contributed by atoms with E-state index in [-0.39, 0.29) is 12.5 Å². The molecule has 0 heterocycles. The third-order valence-corrected chi connectivity index (χ3v) is 3.67. The first-order valence-corrected chi connectivity index (χ1v) is 8.94. The van der Waals surface area contributed by atoms with Gasteiger partial charge in [0.15, 0.2) is 0 Å². The summed E-state index contributed by atoms with van der Waals surface area (Å²) in [5.74, 6) is 0.106. The number of carbonyl (C=O) groups excluding carboxylic acids is 2. The van der Waals surface area contributed by atoms with Crippen LogP contribution in [0.5, 0.6) is 0 Å². The molecule has 25 heavy (non-hydrogen) atoms. The van der Waals surface area contributed by atoms with E-state index in [2.05, 4.69) is 15.5 Å². The summed E-state index contributed by atoms with van der Waals surface area (Å²) in [5.41, 5.74) is 0.967. The minimum atomic E-state index is -0.400. The number of nitrogens with one attached hydrogen (secondary N) is 2. The summed E-state index contributed by atoms with van der Waals surface area (Å²) in [6.45, 7) is 2.55. The van der Waals surface area contributed by atoms with Crippen molar-refractivity contribution in [3.05, 3.63) is 35.9 Å². The molecule has 0 unspecified atom stereocenters. The van der Waals surface area contributed by atoms with Gasteiger partial charge >= 0.3 is 6.09 Å². The van der Waals surface area contributed by atoms with Gasteiger partial charge in [0.1, 0.15) is 6.61 Å². The number of rotatable bonds is 12. The molecular weight excluding hydrogens is 318 g/mol. The van der Waals surface area contributed by atoms with Gasteiger partial charge < -0.3 is 20.3 Å². The van der Waals surface area contributed by atoms with Crippen molar-refractivity contribution in [1.29, 1.82) is 0 Å². The largest absolute Gasteiger partial charge is 0.445 e. The van der Waals surface area contributed by atoms with E-state index in [1.807, 2.05) is 44.4 Å². The number of hydrogen-bond donors (Lipinski definition) is 2. The predicted octanol–water partition coefficient (Wildman–Crippen LogP) is 2.54. The van der Waals surface area contributed by atoms with Crippen molar-refractivity contribution in [2.24, 2.45) is 0 Å². The van der Waals surface area contributed by atoms with E-state index < -0.39 is 6.09 Å². The molecule has 1 aromatic rings. The average molecular weight is 349 g/mol. The lowest BCUT2D eigenvalue weighted by atomic mass is 10.2. The fourth-order valence-electron chi connectivity index (χ4n) is 2.26. The zero-order valence-corrected chi connectivity index (χ0v) is 15.4. The van der Waals surface area contributed by atoms with E-state index >= 15 is 0 Å². The molecular formula is C19H31N3O3. The maximum Gasteiger partial charge on any atom is 0.407 e. The minimum Gasteiger partial charge on any atom is -0.445 e. The lowest BCUT2D eigenvalue weighted by Gasteiger charge is -2.10. The van der Waals surface area contributed by atoms with Crippen molar-refractivity contribution >= 4 is 12.0 Å². The zero-order chi connectivity index (χ0) is 18.3. The van der Waals surface area contributed by atoms with E-state index in [0.29, 0.717) is 13.0 Å². The summed E-state index contributed by atoms with van der Waals surface area (Å²) >= 11 is 0. The standard InChI is InChI=1S/C19H31N3O3/c1-22(2)15-9-14-20-18(23)12-7-4-8-13-21-19(24)25-16-17-10-5-3-6-11-17/h3,5-6,10-11H,4,7-9,12-16H2,1-2H3,(H,20,23)(H,21,24). The summed E-state index contributed by atoms with van der Waals surface area (Å²) in [6.07, 6.45) is 3.69. The van der Waals surface area contributed by atoms with Crippen LogP contribution in [0, 0.1) is 0 Å². The van der Waals surface area contributed by atoms with Gasteiger partial charge in [-0.3, -0.25) is 4.79 Å². The molecule has 0 aromatic heterocycles. The van der Waals surface area contributed by atoms with E-state index in [1.54, 1.807) is 0 Å². The molecule has 0 saturated heterocycles. The van der Waals surface area contributed by atoms with Crippen LogP contribution >= 0.6 is 0 Å². The van der Waals surface area contributed by atoms with Crippen molar-refractivity contribution < 1.29 is 14.3 Å². The number of ether oxygens (including phenoxy) is 1. The molecule has 140 valence electrons. The number of benzene rings is 1. The lowest BCUT2D eigenvalue weighted by molar-refractivity contribution is -0.121. The van der Waals surface area contributed by atoms with Crippen molar-refractivity contribution in [2.75, 3.05) is 33.7 Å². The van der Waals surface area contributed by atoms with Crippen LogP contribution in [0.25, 0.3) is 0 Å². The van der Waals surface area contributed by atoms with Crippen molar-refractivity contribution in [3.63, 3.8) is 0 Å². The van der Waals surface area contributed by atoms with Gasteiger partial charge in [0.2, 0.25) is 5.91 Å². The van der Waals surface area contributed by atoms with E-state index in [0.717, 1.165) is 44.3 Å². The molecule has 0 aliphatic carbocycles. The molecule has 2 amide bonds. The SMILES string of the molecule is CN(C)CCCNC(=O)CCCCCNC(=O)OCc1ccccc1. The number of unbranched alkanes of at least 4 members (excludes halogenated alkanes) is 2. The Balaban J connectivity index is 1.92. The van der Waals surface area contributed by atoms with Gasteiger partial charge in [0, 0.05) is 19.5 Å². The normalized spacial score (nSPS) is 10.5. The molecule has 2 N–H and O–H groups in total. The molecule has 1 rings (SSSR count). The van der Waals surface area contributed by atoms with Crippen LogP contribution in [0.2, 0.25) is 0 Å².